The van der Waals surface area contributed by atoms with Gasteiger partial charge in [0.15, 0.2) is 0 Å². The van der Waals surface area contributed by atoms with Crippen molar-refractivity contribution in [2.45, 2.75) is 25.4 Å². The Labute approximate surface area is 141 Å². The Morgan fingerprint density at radius 2 is 2.08 bits per heavy atom. The summed E-state index contributed by atoms with van der Waals surface area (Å²) >= 11 is 0. The number of hydrogen-bond acceptors (Lipinski definition) is 4. The van der Waals surface area contributed by atoms with Gasteiger partial charge in [-0.25, -0.2) is 0 Å². The van der Waals surface area contributed by atoms with Crippen LogP contribution in [0.5, 0.6) is 0 Å². The third-order valence-corrected chi connectivity index (χ3v) is 6.17. The minimum atomic E-state index is -3.58. The smallest absolute Gasteiger partial charge is 0.301 e. The summed E-state index contributed by atoms with van der Waals surface area (Å²) in [6.07, 6.45) is 3.06. The molecule has 24 heavy (non-hydrogen) atoms. The molecule has 0 amide bonds. The van der Waals surface area contributed by atoms with E-state index >= 15 is 0 Å². The Balaban J connectivity index is 1.63. The van der Waals surface area contributed by atoms with Crippen molar-refractivity contribution in [3.05, 3.63) is 35.5 Å². The SMILES string of the molecule is COC1CN(S(=O)(=O)Nc2ccccc2-c2n[nH]c3c2CCC3)C1. The van der Waals surface area contributed by atoms with E-state index in [1.807, 2.05) is 18.2 Å². The van der Waals surface area contributed by atoms with Gasteiger partial charge in [-0.1, -0.05) is 18.2 Å². The molecule has 1 aromatic carbocycles. The minimum Gasteiger partial charge on any atom is -0.379 e. The minimum absolute atomic E-state index is 0.0218. The van der Waals surface area contributed by atoms with E-state index in [9.17, 15) is 8.42 Å². The van der Waals surface area contributed by atoms with Crippen molar-refractivity contribution < 1.29 is 13.2 Å². The van der Waals surface area contributed by atoms with Gasteiger partial charge in [-0.15, -0.1) is 0 Å². The molecule has 0 unspecified atom stereocenters. The Morgan fingerprint density at radius 3 is 2.88 bits per heavy atom. The molecule has 2 aromatic rings. The number of aromatic amines is 1. The van der Waals surface area contributed by atoms with Crippen LogP contribution in [0.2, 0.25) is 0 Å². The maximum atomic E-state index is 12.5. The maximum absolute atomic E-state index is 12.5. The number of benzene rings is 1. The molecule has 7 nitrogen and oxygen atoms in total. The molecule has 1 aromatic heterocycles. The van der Waals surface area contributed by atoms with Crippen LogP contribution in [-0.2, 0) is 27.8 Å². The van der Waals surface area contributed by atoms with Gasteiger partial charge in [-0.2, -0.15) is 17.8 Å². The van der Waals surface area contributed by atoms with Gasteiger partial charge in [0, 0.05) is 37.0 Å². The third-order valence-electron chi connectivity index (χ3n) is 4.72. The standard InChI is InChI=1S/C16H20N4O3S/c1-23-11-9-20(10-11)24(21,22)19-15-7-3-2-5-13(15)16-12-6-4-8-14(12)17-18-16/h2-3,5,7,11,19H,4,6,8-10H2,1H3,(H,17,18). The van der Waals surface area contributed by atoms with Crippen LogP contribution in [0.25, 0.3) is 11.3 Å². The van der Waals surface area contributed by atoms with E-state index in [0.29, 0.717) is 18.8 Å². The van der Waals surface area contributed by atoms with Crippen LogP contribution in [0, 0.1) is 0 Å². The van der Waals surface area contributed by atoms with Crippen LogP contribution in [-0.4, -0.2) is 49.2 Å². The number of fused-ring (bicyclic) bond motifs is 1. The molecule has 1 saturated heterocycles. The number of ether oxygens (including phenoxy) is 1. The Hall–Kier alpha value is -1.90. The van der Waals surface area contributed by atoms with Crippen LogP contribution in [0.1, 0.15) is 17.7 Å². The molecule has 128 valence electrons. The van der Waals surface area contributed by atoms with Crippen LogP contribution < -0.4 is 4.72 Å². The van der Waals surface area contributed by atoms with E-state index in [0.717, 1.165) is 36.2 Å². The van der Waals surface area contributed by atoms with Crippen LogP contribution in [0.15, 0.2) is 24.3 Å². The van der Waals surface area contributed by atoms with E-state index in [1.165, 1.54) is 9.87 Å². The zero-order valence-electron chi connectivity index (χ0n) is 13.4. The monoisotopic (exact) mass is 348 g/mol. The van der Waals surface area contributed by atoms with Crippen molar-refractivity contribution in [3.63, 3.8) is 0 Å². The van der Waals surface area contributed by atoms with Crippen molar-refractivity contribution in [1.82, 2.24) is 14.5 Å². The molecule has 1 fully saturated rings. The van der Waals surface area contributed by atoms with Crippen LogP contribution in [0.4, 0.5) is 5.69 Å². The lowest BCUT2D eigenvalue weighted by atomic mass is 10.1. The molecule has 2 aliphatic rings. The molecule has 0 bridgehead atoms. The van der Waals surface area contributed by atoms with Gasteiger partial charge < -0.3 is 4.74 Å². The summed E-state index contributed by atoms with van der Waals surface area (Å²) in [4.78, 5) is 0. The van der Waals surface area contributed by atoms with Gasteiger partial charge in [-0.3, -0.25) is 9.82 Å². The Kier molecular flexibility index (Phi) is 3.82. The van der Waals surface area contributed by atoms with E-state index < -0.39 is 10.2 Å². The predicted molar refractivity (Wildman–Crippen MR) is 91.0 cm³/mol. The quantitative estimate of drug-likeness (QED) is 0.858. The average molecular weight is 348 g/mol. The number of aryl methyl sites for hydroxylation is 1. The molecule has 0 atom stereocenters. The molecule has 8 heteroatoms. The average Bonchev–Trinajstić information content (AvgIpc) is 3.09. The summed E-state index contributed by atoms with van der Waals surface area (Å²) in [5.41, 5.74) is 4.57. The highest BCUT2D eigenvalue weighted by Crippen LogP contribution is 2.35. The fourth-order valence-corrected chi connectivity index (χ4v) is 4.58. The van der Waals surface area contributed by atoms with Crippen molar-refractivity contribution in [2.75, 3.05) is 24.9 Å². The summed E-state index contributed by atoms with van der Waals surface area (Å²) in [5, 5.41) is 7.49. The Morgan fingerprint density at radius 1 is 1.29 bits per heavy atom. The fourth-order valence-electron chi connectivity index (χ4n) is 3.27. The number of methoxy groups -OCH3 is 1. The first-order valence-electron chi connectivity index (χ1n) is 8.04. The van der Waals surface area contributed by atoms with Gasteiger partial charge in [0.2, 0.25) is 0 Å². The lowest BCUT2D eigenvalue weighted by Crippen LogP contribution is -2.55. The summed E-state index contributed by atoms with van der Waals surface area (Å²) in [7, 11) is -1.99. The number of H-pyrrole nitrogens is 1. The first-order valence-corrected chi connectivity index (χ1v) is 9.48. The summed E-state index contributed by atoms with van der Waals surface area (Å²) in [6, 6.07) is 7.40. The van der Waals surface area contributed by atoms with Crippen LogP contribution in [0.3, 0.4) is 0 Å². The fraction of sp³-hybridized carbons (Fsp3) is 0.438. The second-order valence-corrected chi connectivity index (χ2v) is 7.88. The highest BCUT2D eigenvalue weighted by molar-refractivity contribution is 7.90. The molecular formula is C16H20N4O3S. The molecule has 0 radical (unpaired) electrons. The van der Waals surface area contributed by atoms with Gasteiger partial charge in [0.05, 0.1) is 17.5 Å². The van der Waals surface area contributed by atoms with Gasteiger partial charge in [0.1, 0.15) is 0 Å². The van der Waals surface area contributed by atoms with Crippen molar-refractivity contribution >= 4 is 15.9 Å². The molecule has 2 heterocycles. The largest absolute Gasteiger partial charge is 0.379 e. The van der Waals surface area contributed by atoms with Crippen molar-refractivity contribution in [1.29, 1.82) is 0 Å². The highest BCUT2D eigenvalue weighted by atomic mass is 32.2. The number of hydrogen-bond donors (Lipinski definition) is 2. The first-order chi connectivity index (χ1) is 11.6. The van der Waals surface area contributed by atoms with Gasteiger partial charge >= 0.3 is 10.2 Å². The van der Waals surface area contributed by atoms with E-state index in [-0.39, 0.29) is 6.10 Å². The molecule has 2 N–H and O–H groups in total. The predicted octanol–water partition coefficient (Wildman–Crippen LogP) is 1.55. The number of anilines is 1. The highest BCUT2D eigenvalue weighted by Gasteiger charge is 2.36. The topological polar surface area (TPSA) is 87.3 Å². The normalized spacial score (nSPS) is 18.4. The summed E-state index contributed by atoms with van der Waals surface area (Å²) in [5.74, 6) is 0. The number of nitrogens with one attached hydrogen (secondary N) is 2. The first kappa shape index (κ1) is 15.6. The van der Waals surface area contributed by atoms with Crippen molar-refractivity contribution in [3.8, 4) is 11.3 Å². The molecule has 0 spiro atoms. The third kappa shape index (κ3) is 2.60. The number of para-hydroxylation sites is 1. The summed E-state index contributed by atoms with van der Waals surface area (Å²) in [6.45, 7) is 0.762. The van der Waals surface area contributed by atoms with E-state index in [2.05, 4.69) is 14.9 Å². The lowest BCUT2D eigenvalue weighted by Gasteiger charge is -2.36. The van der Waals surface area contributed by atoms with Gasteiger partial charge in [0.25, 0.3) is 0 Å². The lowest BCUT2D eigenvalue weighted by molar-refractivity contribution is 0.0128. The van der Waals surface area contributed by atoms with Crippen molar-refractivity contribution in [2.24, 2.45) is 0 Å². The molecule has 0 saturated carbocycles. The van der Waals surface area contributed by atoms with E-state index in [1.54, 1.807) is 13.2 Å². The maximum Gasteiger partial charge on any atom is 0.301 e. The molecular weight excluding hydrogens is 328 g/mol. The molecule has 4 rings (SSSR count). The zero-order valence-corrected chi connectivity index (χ0v) is 14.3. The van der Waals surface area contributed by atoms with E-state index in [4.69, 9.17) is 4.74 Å². The van der Waals surface area contributed by atoms with Gasteiger partial charge in [-0.05, 0) is 25.3 Å². The summed E-state index contributed by atoms with van der Waals surface area (Å²) < 4.78 is 34.3. The number of nitrogens with zero attached hydrogens (tertiary/aromatic N) is 2. The zero-order chi connectivity index (χ0) is 16.7. The number of rotatable bonds is 5. The molecule has 1 aliphatic heterocycles. The Bertz CT molecular complexity index is 856. The van der Waals surface area contributed by atoms with Crippen LogP contribution >= 0.6 is 0 Å². The second-order valence-electron chi connectivity index (χ2n) is 6.21. The molecule has 1 aliphatic carbocycles. The number of aromatic nitrogens is 2. The second kappa shape index (κ2) is 5.87.